The Hall–Kier alpha value is -2.45. The maximum Gasteiger partial charge on any atom is 0.407 e. The summed E-state index contributed by atoms with van der Waals surface area (Å²) in [6, 6.07) is 2.77. The second-order valence-corrected chi connectivity index (χ2v) is 13.4. The lowest BCUT2D eigenvalue weighted by Gasteiger charge is -2.41. The summed E-state index contributed by atoms with van der Waals surface area (Å²) in [6.07, 6.45) is 0.213. The number of ether oxygens (including phenoxy) is 2. The quantitative estimate of drug-likeness (QED) is 0.463. The monoisotopic (exact) mass is 547 g/mol. The van der Waals surface area contributed by atoms with Gasteiger partial charge in [0.1, 0.15) is 10.6 Å². The van der Waals surface area contributed by atoms with Gasteiger partial charge in [0.05, 0.1) is 38.5 Å². The SMILES string of the molecule is CC[C@H]1COCCN1c1cc(C2(S(C)(=O)=O)CCN(C(=O)O)CC2)cc(S(=O)(=O)CCC(=O)OC)n1. The number of morpholine rings is 1. The average Bonchev–Trinajstić information content (AvgIpc) is 2.86. The van der Waals surface area contributed by atoms with Crippen molar-refractivity contribution in [1.82, 2.24) is 9.88 Å². The first-order valence-electron chi connectivity index (χ1n) is 11.7. The summed E-state index contributed by atoms with van der Waals surface area (Å²) in [7, 11) is -6.72. The van der Waals surface area contributed by atoms with E-state index in [9.17, 15) is 31.5 Å². The number of rotatable bonds is 8. The van der Waals surface area contributed by atoms with Crippen LogP contribution in [0, 0.1) is 0 Å². The molecule has 1 aromatic heterocycles. The van der Waals surface area contributed by atoms with Crippen molar-refractivity contribution >= 4 is 37.6 Å². The summed E-state index contributed by atoms with van der Waals surface area (Å²) in [5.74, 6) is -0.931. The van der Waals surface area contributed by atoms with Crippen LogP contribution in [-0.2, 0) is 38.7 Å². The maximum absolute atomic E-state index is 13.2. The summed E-state index contributed by atoms with van der Waals surface area (Å²) in [6.45, 7) is 3.19. The molecular weight excluding hydrogens is 514 g/mol. The van der Waals surface area contributed by atoms with E-state index in [1.807, 2.05) is 11.8 Å². The number of carboxylic acid groups (broad SMARTS) is 1. The minimum absolute atomic E-state index is 0.0143. The van der Waals surface area contributed by atoms with Crippen molar-refractivity contribution in [2.75, 3.05) is 56.9 Å². The molecule has 202 valence electrons. The van der Waals surface area contributed by atoms with E-state index >= 15 is 0 Å². The lowest BCUT2D eigenvalue weighted by molar-refractivity contribution is -0.140. The Morgan fingerprint density at radius 1 is 1.19 bits per heavy atom. The topological polar surface area (TPSA) is 160 Å². The second kappa shape index (κ2) is 10.9. The number of methoxy groups -OCH3 is 1. The van der Waals surface area contributed by atoms with Crippen molar-refractivity contribution in [2.24, 2.45) is 0 Å². The van der Waals surface area contributed by atoms with Crippen molar-refractivity contribution in [2.45, 2.75) is 48.4 Å². The molecule has 0 aliphatic carbocycles. The third-order valence-electron chi connectivity index (χ3n) is 6.98. The number of likely N-dealkylation sites (tertiary alicyclic amines) is 1. The van der Waals surface area contributed by atoms with Gasteiger partial charge in [-0.25, -0.2) is 26.6 Å². The zero-order valence-electron chi connectivity index (χ0n) is 20.7. The van der Waals surface area contributed by atoms with E-state index in [0.29, 0.717) is 32.0 Å². The fraction of sp³-hybridized carbons (Fsp3) is 0.682. The predicted octanol–water partition coefficient (Wildman–Crippen LogP) is 1.05. The fourth-order valence-corrected chi connectivity index (χ4v) is 7.37. The number of nitrogens with zero attached hydrogens (tertiary/aromatic N) is 3. The molecule has 2 aliphatic heterocycles. The summed E-state index contributed by atoms with van der Waals surface area (Å²) < 4.78 is 61.4. The number of aromatic nitrogens is 1. The highest BCUT2D eigenvalue weighted by molar-refractivity contribution is 7.92. The number of sulfone groups is 2. The smallest absolute Gasteiger partial charge is 0.407 e. The van der Waals surface area contributed by atoms with Gasteiger partial charge < -0.3 is 24.4 Å². The standard InChI is InChI=1S/C22H33N3O9S2/c1-4-17-15-34-11-10-25(17)18-13-16(14-19(23-18)36(31,32)12-5-20(26)33-2)22(35(3,29)30)6-8-24(9-7-22)21(27)28/h13-14,17H,4-12,15H2,1-3H3,(H,27,28)/t17-/m0/s1. The van der Waals surface area contributed by atoms with Crippen LogP contribution in [0.2, 0.25) is 0 Å². The maximum atomic E-state index is 13.2. The average molecular weight is 548 g/mol. The van der Waals surface area contributed by atoms with Crippen LogP contribution in [0.5, 0.6) is 0 Å². The highest BCUT2D eigenvalue weighted by atomic mass is 32.2. The molecule has 2 aliphatic rings. The van der Waals surface area contributed by atoms with Gasteiger partial charge in [0.2, 0.25) is 0 Å². The number of anilines is 1. The van der Waals surface area contributed by atoms with Gasteiger partial charge >= 0.3 is 12.1 Å². The molecule has 0 spiro atoms. The minimum Gasteiger partial charge on any atom is -0.469 e. The van der Waals surface area contributed by atoms with E-state index in [0.717, 1.165) is 18.3 Å². The Balaban J connectivity index is 2.16. The van der Waals surface area contributed by atoms with Crippen LogP contribution in [0.3, 0.4) is 0 Å². The Bertz CT molecular complexity index is 1190. The number of carbonyl (C=O) groups excluding carboxylic acids is 1. The van der Waals surface area contributed by atoms with E-state index in [-0.39, 0.29) is 49.0 Å². The number of carbonyl (C=O) groups is 2. The molecule has 14 heteroatoms. The number of piperidine rings is 1. The normalized spacial score (nSPS) is 20.7. The molecule has 2 saturated heterocycles. The first-order valence-corrected chi connectivity index (χ1v) is 15.2. The molecular formula is C22H33N3O9S2. The Labute approximate surface area is 211 Å². The zero-order chi connectivity index (χ0) is 26.7. The zero-order valence-corrected chi connectivity index (χ0v) is 22.3. The van der Waals surface area contributed by atoms with Crippen LogP contribution in [0.25, 0.3) is 0 Å². The lowest BCUT2D eigenvalue weighted by atomic mass is 9.88. The third kappa shape index (κ3) is 5.75. The van der Waals surface area contributed by atoms with Gasteiger partial charge in [0, 0.05) is 25.9 Å². The molecule has 0 saturated carbocycles. The second-order valence-electron chi connectivity index (χ2n) is 9.06. The fourth-order valence-electron chi connectivity index (χ4n) is 4.71. The molecule has 1 amide bonds. The molecule has 0 bridgehead atoms. The molecule has 36 heavy (non-hydrogen) atoms. The minimum atomic E-state index is -4.08. The highest BCUT2D eigenvalue weighted by Gasteiger charge is 2.47. The highest BCUT2D eigenvalue weighted by Crippen LogP contribution is 2.42. The van der Waals surface area contributed by atoms with Crippen LogP contribution in [-0.4, -0.2) is 102 Å². The van der Waals surface area contributed by atoms with E-state index in [1.165, 1.54) is 6.07 Å². The molecule has 0 aromatic carbocycles. The van der Waals surface area contributed by atoms with Crippen molar-refractivity contribution < 1.29 is 41.0 Å². The predicted molar refractivity (Wildman–Crippen MR) is 131 cm³/mol. The Morgan fingerprint density at radius 2 is 1.86 bits per heavy atom. The van der Waals surface area contributed by atoms with E-state index in [4.69, 9.17) is 4.74 Å². The van der Waals surface area contributed by atoms with E-state index < -0.39 is 42.2 Å². The molecule has 3 heterocycles. The van der Waals surface area contributed by atoms with Gasteiger partial charge in [-0.2, -0.15) is 0 Å². The summed E-state index contributed by atoms with van der Waals surface area (Å²) in [5.41, 5.74) is 0.248. The first kappa shape index (κ1) is 28.1. The molecule has 1 aromatic rings. The van der Waals surface area contributed by atoms with Crippen molar-refractivity contribution in [3.8, 4) is 0 Å². The van der Waals surface area contributed by atoms with Crippen LogP contribution < -0.4 is 4.90 Å². The molecule has 1 N–H and O–H groups in total. The molecule has 0 radical (unpaired) electrons. The van der Waals surface area contributed by atoms with Crippen molar-refractivity contribution in [1.29, 1.82) is 0 Å². The molecule has 3 rings (SSSR count). The molecule has 0 unspecified atom stereocenters. The number of pyridine rings is 1. The first-order chi connectivity index (χ1) is 16.8. The van der Waals surface area contributed by atoms with Crippen molar-refractivity contribution in [3.63, 3.8) is 0 Å². The van der Waals surface area contributed by atoms with Crippen LogP contribution in [0.1, 0.15) is 38.2 Å². The number of esters is 1. The number of amides is 1. The van der Waals surface area contributed by atoms with Gasteiger partial charge in [-0.15, -0.1) is 0 Å². The number of hydrogen-bond acceptors (Lipinski definition) is 10. The van der Waals surface area contributed by atoms with Crippen LogP contribution in [0.4, 0.5) is 10.6 Å². The van der Waals surface area contributed by atoms with Gasteiger partial charge in [-0.05, 0) is 37.0 Å². The molecule has 12 nitrogen and oxygen atoms in total. The van der Waals surface area contributed by atoms with Gasteiger partial charge in [0.25, 0.3) is 0 Å². The summed E-state index contributed by atoms with van der Waals surface area (Å²) in [5, 5.41) is 9.03. The van der Waals surface area contributed by atoms with Gasteiger partial charge in [-0.1, -0.05) is 6.92 Å². The number of hydrogen-bond donors (Lipinski definition) is 1. The molecule has 2 fully saturated rings. The molecule has 1 atom stereocenters. The van der Waals surface area contributed by atoms with Crippen LogP contribution >= 0.6 is 0 Å². The van der Waals surface area contributed by atoms with Crippen LogP contribution in [0.15, 0.2) is 17.2 Å². The Morgan fingerprint density at radius 3 is 2.42 bits per heavy atom. The third-order valence-corrected chi connectivity index (χ3v) is 10.6. The van der Waals surface area contributed by atoms with Gasteiger partial charge in [-0.3, -0.25) is 4.79 Å². The lowest BCUT2D eigenvalue weighted by Crippen LogP contribution is -2.49. The summed E-state index contributed by atoms with van der Waals surface area (Å²) >= 11 is 0. The van der Waals surface area contributed by atoms with Gasteiger partial charge in [0.15, 0.2) is 24.7 Å². The largest absolute Gasteiger partial charge is 0.469 e. The van der Waals surface area contributed by atoms with E-state index in [1.54, 1.807) is 6.07 Å². The summed E-state index contributed by atoms with van der Waals surface area (Å²) in [4.78, 5) is 30.5. The Kier molecular flexibility index (Phi) is 8.51. The van der Waals surface area contributed by atoms with E-state index in [2.05, 4.69) is 9.72 Å². The van der Waals surface area contributed by atoms with Crippen molar-refractivity contribution in [3.05, 3.63) is 17.7 Å².